The normalized spacial score (nSPS) is 11.8. The summed E-state index contributed by atoms with van der Waals surface area (Å²) in [4.78, 5) is 8.51. The van der Waals surface area contributed by atoms with Crippen molar-refractivity contribution < 1.29 is 22.0 Å². The first-order valence-corrected chi connectivity index (χ1v) is 9.02. The van der Waals surface area contributed by atoms with Crippen molar-refractivity contribution in [1.82, 2.24) is 19.2 Å². The van der Waals surface area contributed by atoms with Crippen LogP contribution in [0.5, 0.6) is 0 Å². The van der Waals surface area contributed by atoms with E-state index < -0.39 is 23.4 Å². The summed E-state index contributed by atoms with van der Waals surface area (Å²) in [5.74, 6) is -1.17. The minimum absolute atomic E-state index is 0.0452. The molecule has 0 bridgehead atoms. The fraction of sp³-hybridized carbons (Fsp3) is 0.150. The monoisotopic (exact) mass is 434 g/mol. The third-order valence-electron chi connectivity index (χ3n) is 4.67. The molecule has 160 valence electrons. The van der Waals surface area contributed by atoms with Crippen LogP contribution in [0.3, 0.4) is 0 Å². The first kappa shape index (κ1) is 20.5. The van der Waals surface area contributed by atoms with Crippen LogP contribution in [0.2, 0.25) is 0 Å². The molecule has 0 radical (unpaired) electrons. The molecule has 2 heterocycles. The van der Waals surface area contributed by atoms with Gasteiger partial charge in [0.25, 0.3) is 0 Å². The van der Waals surface area contributed by atoms with Gasteiger partial charge in [0.05, 0.1) is 17.8 Å². The van der Waals surface area contributed by atoms with Crippen LogP contribution in [-0.4, -0.2) is 19.2 Å². The predicted molar refractivity (Wildman–Crippen MR) is 102 cm³/mol. The zero-order chi connectivity index (χ0) is 22.3. The molecule has 0 aliphatic heterocycles. The maximum atomic E-state index is 14.3. The Morgan fingerprint density at radius 1 is 1.06 bits per heavy atom. The summed E-state index contributed by atoms with van der Waals surface area (Å²) in [7, 11) is 0. The quantitative estimate of drug-likeness (QED) is 0.476. The van der Waals surface area contributed by atoms with Crippen molar-refractivity contribution in [3.63, 3.8) is 0 Å². The van der Waals surface area contributed by atoms with Crippen LogP contribution >= 0.6 is 0 Å². The van der Waals surface area contributed by atoms with Crippen LogP contribution in [-0.2, 0) is 12.7 Å². The van der Waals surface area contributed by atoms with Crippen molar-refractivity contribution in [3.05, 3.63) is 82.9 Å². The fourth-order valence-electron chi connectivity index (χ4n) is 3.14. The Morgan fingerprint density at radius 2 is 1.77 bits per heavy atom. The lowest BCUT2D eigenvalue weighted by atomic mass is 10.1. The highest BCUT2D eigenvalue weighted by Gasteiger charge is 2.29. The molecule has 2 aromatic carbocycles. The summed E-state index contributed by atoms with van der Waals surface area (Å²) in [6.45, 7) is 1.73. The molecule has 0 amide bonds. The molecule has 0 aliphatic carbocycles. The van der Waals surface area contributed by atoms with E-state index in [1.807, 2.05) is 0 Å². The van der Waals surface area contributed by atoms with Gasteiger partial charge in [-0.1, -0.05) is 12.1 Å². The molecule has 2 aromatic heterocycles. The summed E-state index contributed by atoms with van der Waals surface area (Å²) in [5.41, 5.74) is 3.04. The largest absolute Gasteiger partial charge is 0.416 e. The van der Waals surface area contributed by atoms with Crippen molar-refractivity contribution in [1.29, 1.82) is 5.41 Å². The summed E-state index contributed by atoms with van der Waals surface area (Å²) >= 11 is 0. The Kier molecular flexibility index (Phi) is 4.96. The van der Waals surface area contributed by atoms with Crippen LogP contribution in [0.4, 0.5) is 22.0 Å². The summed E-state index contributed by atoms with van der Waals surface area (Å²) < 4.78 is 68.2. The van der Waals surface area contributed by atoms with E-state index in [0.29, 0.717) is 11.4 Å². The van der Waals surface area contributed by atoms with Crippen LogP contribution in [0.25, 0.3) is 16.9 Å². The smallest absolute Gasteiger partial charge is 0.319 e. The Morgan fingerprint density at radius 3 is 2.42 bits per heavy atom. The van der Waals surface area contributed by atoms with Gasteiger partial charge in [-0.15, -0.1) is 0 Å². The predicted octanol–water partition coefficient (Wildman–Crippen LogP) is 4.05. The van der Waals surface area contributed by atoms with Crippen LogP contribution in [0.15, 0.2) is 48.8 Å². The summed E-state index contributed by atoms with van der Waals surface area (Å²) in [6.07, 6.45) is -3.13. The van der Waals surface area contributed by atoms with E-state index in [1.54, 1.807) is 6.92 Å². The minimum Gasteiger partial charge on any atom is -0.319 e. The molecule has 4 rings (SSSR count). The molecule has 6 nitrogen and oxygen atoms in total. The number of hydrogen-bond donors (Lipinski definition) is 2. The first-order valence-electron chi connectivity index (χ1n) is 9.02. The van der Waals surface area contributed by atoms with Crippen LogP contribution in [0.1, 0.15) is 17.0 Å². The number of fused-ring (bicyclic) bond motifs is 1. The lowest BCUT2D eigenvalue weighted by molar-refractivity contribution is -0.137. The van der Waals surface area contributed by atoms with Crippen LogP contribution in [0, 0.1) is 24.0 Å². The molecule has 0 saturated carbocycles. The topological polar surface area (TPSA) is 71.5 Å². The van der Waals surface area contributed by atoms with Crippen molar-refractivity contribution in [2.24, 2.45) is 0 Å². The molecule has 11 heteroatoms. The number of halogens is 5. The highest BCUT2D eigenvalue weighted by molar-refractivity contribution is 5.72. The van der Waals surface area contributed by atoms with E-state index in [4.69, 9.17) is 5.41 Å². The van der Waals surface area contributed by atoms with Gasteiger partial charge in [-0.05, 0) is 36.8 Å². The maximum Gasteiger partial charge on any atom is 0.416 e. The molecule has 0 saturated heterocycles. The van der Waals surface area contributed by atoms with Gasteiger partial charge in [-0.2, -0.15) is 13.2 Å². The third kappa shape index (κ3) is 3.86. The number of aromatic nitrogens is 4. The minimum atomic E-state index is -4.41. The molecule has 0 unspecified atom stereocenters. The van der Waals surface area contributed by atoms with E-state index >= 15 is 0 Å². The van der Waals surface area contributed by atoms with Gasteiger partial charge in [0.1, 0.15) is 23.8 Å². The second-order valence-corrected chi connectivity index (χ2v) is 6.76. The van der Waals surface area contributed by atoms with Crippen molar-refractivity contribution in [3.8, 4) is 5.69 Å². The molecule has 2 N–H and O–H groups in total. The maximum absolute atomic E-state index is 14.3. The lowest BCUT2D eigenvalue weighted by Crippen LogP contribution is -2.29. The molecular weight excluding hydrogens is 419 g/mol. The lowest BCUT2D eigenvalue weighted by Gasteiger charge is -2.12. The first-order chi connectivity index (χ1) is 14.6. The summed E-state index contributed by atoms with van der Waals surface area (Å²) in [6, 6.07) is 7.75. The average Bonchev–Trinajstić information content (AvgIpc) is 3.04. The van der Waals surface area contributed by atoms with E-state index in [-0.39, 0.29) is 28.9 Å². The van der Waals surface area contributed by atoms with Gasteiger partial charge < -0.3 is 5.43 Å². The Labute approximate surface area is 172 Å². The number of aryl methyl sites for hydroxylation is 1. The van der Waals surface area contributed by atoms with Crippen LogP contribution < -0.4 is 10.9 Å². The van der Waals surface area contributed by atoms with Gasteiger partial charge in [0.2, 0.25) is 0 Å². The number of hydrogen-bond acceptors (Lipinski definition) is 4. The van der Waals surface area contributed by atoms with Crippen molar-refractivity contribution >= 4 is 11.2 Å². The second-order valence-electron chi connectivity index (χ2n) is 6.76. The van der Waals surface area contributed by atoms with Gasteiger partial charge >= 0.3 is 6.18 Å². The third-order valence-corrected chi connectivity index (χ3v) is 4.67. The van der Waals surface area contributed by atoms with Gasteiger partial charge in [0.15, 0.2) is 16.7 Å². The molecule has 0 atom stereocenters. The van der Waals surface area contributed by atoms with E-state index in [2.05, 4.69) is 15.4 Å². The number of nitrogens with one attached hydrogen (secondary N) is 2. The van der Waals surface area contributed by atoms with Gasteiger partial charge in [-0.3, -0.25) is 9.98 Å². The number of imidazole rings is 1. The number of benzene rings is 2. The number of nitrogens with zero attached hydrogens (tertiary/aromatic N) is 4. The van der Waals surface area contributed by atoms with Crippen molar-refractivity contribution in [2.45, 2.75) is 19.6 Å². The van der Waals surface area contributed by atoms with Gasteiger partial charge in [-0.25, -0.2) is 23.4 Å². The molecule has 0 aliphatic rings. The van der Waals surface area contributed by atoms with Gasteiger partial charge in [0, 0.05) is 6.07 Å². The molecule has 4 aromatic rings. The molecular formula is C20H15F5N6. The second kappa shape index (κ2) is 7.49. The Hall–Kier alpha value is -3.76. The Balaban J connectivity index is 1.64. The van der Waals surface area contributed by atoms with E-state index in [0.717, 1.165) is 24.3 Å². The molecule has 0 spiro atoms. The van der Waals surface area contributed by atoms with E-state index in [9.17, 15) is 22.0 Å². The van der Waals surface area contributed by atoms with E-state index in [1.165, 1.54) is 33.8 Å². The molecule has 0 fully saturated rings. The number of alkyl halides is 3. The average molecular weight is 434 g/mol. The SMILES string of the molecule is Cc1nc2c(=N)n(NCc3ccc(C(F)(F)F)cc3)cnc2n1-c1ccc(F)cc1F. The highest BCUT2D eigenvalue weighted by Crippen LogP contribution is 2.29. The fourth-order valence-corrected chi connectivity index (χ4v) is 3.14. The summed E-state index contributed by atoms with van der Waals surface area (Å²) in [5, 5.41) is 8.36. The Bertz CT molecular complexity index is 1320. The standard InChI is InChI=1S/C20H15F5N6/c1-11-29-17-18(26)30(28-9-12-2-4-13(5-3-12)20(23,24)25)10-27-19(17)31(11)16-7-6-14(21)8-15(16)22/h2-8,10,26,28H,9H2,1H3. The zero-order valence-corrected chi connectivity index (χ0v) is 16.0. The number of rotatable bonds is 4. The van der Waals surface area contributed by atoms with Crippen molar-refractivity contribution in [2.75, 3.05) is 5.43 Å². The molecule has 31 heavy (non-hydrogen) atoms. The highest BCUT2D eigenvalue weighted by atomic mass is 19.4. The zero-order valence-electron chi connectivity index (χ0n) is 16.0.